The van der Waals surface area contributed by atoms with Crippen molar-refractivity contribution < 1.29 is 22.0 Å². The van der Waals surface area contributed by atoms with Crippen molar-refractivity contribution in [1.82, 2.24) is 5.32 Å². The van der Waals surface area contributed by atoms with E-state index >= 15 is 0 Å². The van der Waals surface area contributed by atoms with E-state index in [1.807, 2.05) is 0 Å². The summed E-state index contributed by atoms with van der Waals surface area (Å²) in [6.07, 6.45) is 0. The van der Waals surface area contributed by atoms with Crippen molar-refractivity contribution in [3.8, 4) is 0 Å². The average molecular weight is 320 g/mol. The number of carbonyl (C=O) groups excluding carboxylic acids is 1. The lowest BCUT2D eigenvalue weighted by Crippen LogP contribution is -2.45. The second kappa shape index (κ2) is 6.48. The van der Waals surface area contributed by atoms with Crippen LogP contribution in [0.5, 0.6) is 0 Å². The molecule has 0 unspecified atom stereocenters. The van der Waals surface area contributed by atoms with Crippen LogP contribution < -0.4 is 11.1 Å². The highest BCUT2D eigenvalue weighted by atomic mass is 32.2. The van der Waals surface area contributed by atoms with E-state index in [0.717, 1.165) is 0 Å². The molecule has 21 heavy (non-hydrogen) atoms. The van der Waals surface area contributed by atoms with Crippen molar-refractivity contribution in [1.29, 1.82) is 0 Å². The third kappa shape index (κ3) is 5.76. The number of hydrogen-bond acceptors (Lipinski definition) is 4. The third-order valence-electron chi connectivity index (χ3n) is 2.56. The Kier molecular flexibility index (Phi) is 5.41. The van der Waals surface area contributed by atoms with Crippen LogP contribution in [0.1, 0.15) is 29.8 Å². The van der Waals surface area contributed by atoms with Gasteiger partial charge in [-0.1, -0.05) is 12.1 Å². The first-order valence-electron chi connectivity index (χ1n) is 6.17. The molecule has 1 aromatic rings. The van der Waals surface area contributed by atoms with E-state index in [4.69, 9.17) is 5.73 Å². The molecule has 0 atom stereocenters. The van der Waals surface area contributed by atoms with Crippen LogP contribution in [0, 0.1) is 0 Å². The molecule has 0 aromatic heterocycles. The number of sulfone groups is 1. The molecule has 0 bridgehead atoms. The van der Waals surface area contributed by atoms with E-state index in [0.29, 0.717) is 5.56 Å². The monoisotopic (exact) mass is 320 g/mol. The first-order chi connectivity index (χ1) is 9.51. The van der Waals surface area contributed by atoms with Gasteiger partial charge in [0.05, 0.1) is 5.75 Å². The molecule has 0 aliphatic carbocycles. The first-order valence-corrected chi connectivity index (χ1v) is 7.88. The quantitative estimate of drug-likeness (QED) is 0.826. The second-order valence-corrected chi connectivity index (χ2v) is 7.41. The predicted molar refractivity (Wildman–Crippen MR) is 75.7 cm³/mol. The van der Waals surface area contributed by atoms with Gasteiger partial charge in [0.2, 0.25) is 9.84 Å². The van der Waals surface area contributed by atoms with Gasteiger partial charge in [-0.3, -0.25) is 4.79 Å². The Labute approximate surface area is 122 Å². The Morgan fingerprint density at radius 1 is 1.29 bits per heavy atom. The molecule has 0 saturated heterocycles. The molecule has 0 radical (unpaired) electrons. The number of nitrogens with one attached hydrogen (secondary N) is 1. The molecule has 5 nitrogen and oxygen atoms in total. The van der Waals surface area contributed by atoms with E-state index in [2.05, 4.69) is 5.32 Å². The lowest BCUT2D eigenvalue weighted by atomic mass is 10.1. The van der Waals surface area contributed by atoms with Crippen LogP contribution in [0.15, 0.2) is 24.3 Å². The number of rotatable bonds is 6. The summed E-state index contributed by atoms with van der Waals surface area (Å²) < 4.78 is 46.7. The van der Waals surface area contributed by atoms with Crippen molar-refractivity contribution in [2.45, 2.75) is 30.9 Å². The number of halogens is 2. The zero-order valence-corrected chi connectivity index (χ0v) is 12.6. The van der Waals surface area contributed by atoms with E-state index in [1.54, 1.807) is 13.8 Å². The fraction of sp³-hybridized carbons (Fsp3) is 0.462. The molecule has 0 heterocycles. The van der Waals surface area contributed by atoms with Crippen LogP contribution in [-0.4, -0.2) is 32.2 Å². The smallest absolute Gasteiger partial charge is 0.337 e. The molecule has 0 fully saturated rings. The standard InChI is InChI=1S/C13H18F2N2O3S/c1-13(2,16)8-17-11(18)10-5-3-9(4-6-10)7-21(19,20)12(14)15/h3-6,12H,7-8,16H2,1-2H3,(H,17,18). The molecular formula is C13H18F2N2O3S. The normalized spacial score (nSPS) is 12.5. The van der Waals surface area contributed by atoms with Crippen LogP contribution in [0.2, 0.25) is 0 Å². The topological polar surface area (TPSA) is 89.3 Å². The highest BCUT2D eigenvalue weighted by Crippen LogP contribution is 2.14. The molecule has 3 N–H and O–H groups in total. The maximum absolute atomic E-state index is 12.3. The van der Waals surface area contributed by atoms with E-state index in [-0.39, 0.29) is 18.0 Å². The largest absolute Gasteiger partial charge is 0.350 e. The highest BCUT2D eigenvalue weighted by Gasteiger charge is 2.24. The Hall–Kier alpha value is -1.54. The minimum Gasteiger partial charge on any atom is -0.350 e. The maximum atomic E-state index is 12.3. The number of carbonyl (C=O) groups is 1. The number of hydrogen-bond donors (Lipinski definition) is 2. The zero-order valence-electron chi connectivity index (χ0n) is 11.8. The van der Waals surface area contributed by atoms with Crippen LogP contribution in [-0.2, 0) is 15.6 Å². The van der Waals surface area contributed by atoms with Crippen LogP contribution >= 0.6 is 0 Å². The molecule has 0 aliphatic heterocycles. The first kappa shape index (κ1) is 17.5. The Bertz CT molecular complexity index is 593. The second-order valence-electron chi connectivity index (χ2n) is 5.44. The maximum Gasteiger partial charge on any atom is 0.337 e. The summed E-state index contributed by atoms with van der Waals surface area (Å²) in [5.41, 5.74) is 5.68. The highest BCUT2D eigenvalue weighted by molar-refractivity contribution is 7.90. The molecule has 0 aliphatic rings. The SMILES string of the molecule is CC(C)(N)CNC(=O)c1ccc(CS(=O)(=O)C(F)F)cc1. The van der Waals surface area contributed by atoms with Gasteiger partial charge < -0.3 is 11.1 Å². The fourth-order valence-corrected chi connectivity index (χ4v) is 2.24. The van der Waals surface area contributed by atoms with Gasteiger partial charge in [-0.05, 0) is 31.5 Å². The van der Waals surface area contributed by atoms with Crippen LogP contribution in [0.4, 0.5) is 8.78 Å². The van der Waals surface area contributed by atoms with Crippen molar-refractivity contribution in [2.75, 3.05) is 6.54 Å². The average Bonchev–Trinajstić information content (AvgIpc) is 2.35. The summed E-state index contributed by atoms with van der Waals surface area (Å²) in [5, 5.41) is 2.62. The molecular weight excluding hydrogens is 302 g/mol. The van der Waals surface area contributed by atoms with Gasteiger partial charge in [0.1, 0.15) is 0 Å². The Balaban J connectivity index is 2.72. The molecule has 1 aromatic carbocycles. The lowest BCUT2D eigenvalue weighted by Gasteiger charge is -2.18. The number of benzene rings is 1. The predicted octanol–water partition coefficient (Wildman–Crippen LogP) is 1.29. The zero-order chi connectivity index (χ0) is 16.3. The van der Waals surface area contributed by atoms with E-state index in [9.17, 15) is 22.0 Å². The van der Waals surface area contributed by atoms with Crippen molar-refractivity contribution in [3.63, 3.8) is 0 Å². The van der Waals surface area contributed by atoms with Gasteiger partial charge in [-0.15, -0.1) is 0 Å². The third-order valence-corrected chi connectivity index (χ3v) is 3.84. The van der Waals surface area contributed by atoms with E-state index < -0.39 is 26.9 Å². The number of amides is 1. The minimum atomic E-state index is -4.46. The summed E-state index contributed by atoms with van der Waals surface area (Å²) >= 11 is 0. The summed E-state index contributed by atoms with van der Waals surface area (Å²) in [6.45, 7) is 3.78. The van der Waals surface area contributed by atoms with Gasteiger partial charge in [0.25, 0.3) is 5.91 Å². The molecule has 118 valence electrons. The summed E-state index contributed by atoms with van der Waals surface area (Å²) in [6, 6.07) is 5.44. The lowest BCUT2D eigenvalue weighted by molar-refractivity contribution is 0.0946. The van der Waals surface area contributed by atoms with Gasteiger partial charge in [0.15, 0.2) is 0 Å². The minimum absolute atomic E-state index is 0.200. The van der Waals surface area contributed by atoms with Gasteiger partial charge in [0, 0.05) is 17.6 Å². The van der Waals surface area contributed by atoms with Crippen molar-refractivity contribution in [3.05, 3.63) is 35.4 Å². The van der Waals surface area contributed by atoms with Gasteiger partial charge >= 0.3 is 5.76 Å². The van der Waals surface area contributed by atoms with Crippen molar-refractivity contribution >= 4 is 15.7 Å². The van der Waals surface area contributed by atoms with Crippen molar-refractivity contribution in [2.24, 2.45) is 5.73 Å². The molecule has 0 saturated carbocycles. The number of alkyl halides is 2. The summed E-state index contributed by atoms with van der Waals surface area (Å²) in [7, 11) is -4.46. The molecule has 0 spiro atoms. The summed E-state index contributed by atoms with van der Waals surface area (Å²) in [4.78, 5) is 11.8. The van der Waals surface area contributed by atoms with Crippen LogP contribution in [0.25, 0.3) is 0 Å². The molecule has 1 rings (SSSR count). The van der Waals surface area contributed by atoms with Gasteiger partial charge in [-0.2, -0.15) is 8.78 Å². The molecule has 1 amide bonds. The fourth-order valence-electron chi connectivity index (χ4n) is 1.46. The number of nitrogens with two attached hydrogens (primary N) is 1. The summed E-state index contributed by atoms with van der Waals surface area (Å²) in [5.74, 6) is -4.54. The Morgan fingerprint density at radius 2 is 1.81 bits per heavy atom. The van der Waals surface area contributed by atoms with Crippen LogP contribution in [0.3, 0.4) is 0 Å². The Morgan fingerprint density at radius 3 is 2.24 bits per heavy atom. The van der Waals surface area contributed by atoms with Gasteiger partial charge in [-0.25, -0.2) is 8.42 Å². The van der Waals surface area contributed by atoms with E-state index in [1.165, 1.54) is 24.3 Å². The molecule has 8 heteroatoms.